The van der Waals surface area contributed by atoms with Crippen molar-refractivity contribution in [2.75, 3.05) is 18.0 Å². The van der Waals surface area contributed by atoms with E-state index >= 15 is 0 Å². The number of fused-ring (bicyclic) bond motifs is 8. The third kappa shape index (κ3) is 3.73. The molecule has 5 aliphatic rings. The summed E-state index contributed by atoms with van der Waals surface area (Å²) in [5.74, 6) is 0.186. The molecular weight excluding hydrogens is 524 g/mol. The van der Waals surface area contributed by atoms with Gasteiger partial charge in [-0.1, -0.05) is 31.0 Å². The van der Waals surface area contributed by atoms with E-state index in [1.807, 2.05) is 6.07 Å². The molecule has 0 bridgehead atoms. The number of carbonyl (C=O) groups excluding carboxylic acids is 1. The highest BCUT2D eigenvalue weighted by atomic mass is 32.2. The number of hydrogen-bond acceptors (Lipinski definition) is 7. The number of allylic oxidation sites excluding steroid dienone is 1. The summed E-state index contributed by atoms with van der Waals surface area (Å²) < 4.78 is 14.1. The van der Waals surface area contributed by atoms with Gasteiger partial charge in [-0.2, -0.15) is 4.58 Å². The lowest BCUT2D eigenvalue weighted by atomic mass is 9.74. The van der Waals surface area contributed by atoms with Crippen LogP contribution >= 0.6 is 12.0 Å². The van der Waals surface area contributed by atoms with Crippen LogP contribution < -0.4 is 4.90 Å². The van der Waals surface area contributed by atoms with E-state index in [4.69, 9.17) is 14.3 Å². The van der Waals surface area contributed by atoms with E-state index in [1.165, 1.54) is 45.1 Å². The van der Waals surface area contributed by atoms with Crippen LogP contribution in [0.1, 0.15) is 64.2 Å². The third-order valence-electron chi connectivity index (χ3n) is 9.40. The molecule has 0 saturated heterocycles. The molecule has 5 heterocycles. The van der Waals surface area contributed by atoms with E-state index in [-0.39, 0.29) is 28.8 Å². The van der Waals surface area contributed by atoms with Gasteiger partial charge in [-0.15, -0.1) is 4.33 Å². The van der Waals surface area contributed by atoms with Crippen molar-refractivity contribution >= 4 is 34.9 Å². The molecule has 5 aliphatic heterocycles. The number of hydrogen-bond donors (Lipinski definition) is 1. The van der Waals surface area contributed by atoms with Crippen molar-refractivity contribution < 1.29 is 28.7 Å². The Morgan fingerprint density at radius 2 is 1.93 bits per heavy atom. The summed E-state index contributed by atoms with van der Waals surface area (Å²) in [6, 6.07) is 12.8. The van der Waals surface area contributed by atoms with Crippen LogP contribution in [0.15, 0.2) is 64.2 Å². The molecule has 0 aliphatic carbocycles. The second-order valence-electron chi connectivity index (χ2n) is 12.6. The fourth-order valence-corrected chi connectivity index (χ4v) is 8.22. The zero-order chi connectivity index (χ0) is 28.0. The van der Waals surface area contributed by atoms with Gasteiger partial charge in [0.25, 0.3) is 0 Å². The Kier molecular flexibility index (Phi) is 5.97. The molecule has 0 fully saturated rings. The van der Waals surface area contributed by atoms with E-state index in [1.54, 1.807) is 6.92 Å². The predicted octanol–water partition coefficient (Wildman–Crippen LogP) is 6.18. The second-order valence-corrected chi connectivity index (χ2v) is 13.4. The first kappa shape index (κ1) is 26.2. The molecule has 8 heteroatoms. The highest BCUT2D eigenvalue weighted by Gasteiger charge is 2.54. The first-order valence-corrected chi connectivity index (χ1v) is 14.8. The lowest BCUT2D eigenvalue weighted by molar-refractivity contribution is -0.445. The number of rotatable bonds is 5. The lowest BCUT2D eigenvalue weighted by Gasteiger charge is -2.42. The molecule has 7 nitrogen and oxygen atoms in total. The molecule has 2 aromatic carbocycles. The van der Waals surface area contributed by atoms with Gasteiger partial charge in [-0.25, -0.2) is 5.26 Å². The Bertz CT molecular complexity index is 1550. The largest absolute Gasteiger partial charge is 0.365 e. The maximum atomic E-state index is 11.9. The molecule has 2 atom stereocenters. The van der Waals surface area contributed by atoms with Crippen LogP contribution in [-0.4, -0.2) is 46.6 Å². The van der Waals surface area contributed by atoms with Gasteiger partial charge in [0.05, 0.1) is 29.7 Å². The molecule has 7 rings (SSSR count). The molecular formula is C32H35N2O5S+. The number of Topliss-reactive ketones (excluding diaryl/α,β-unsaturated/α-hetero) is 1. The van der Waals surface area contributed by atoms with E-state index < -0.39 is 0 Å². The Balaban J connectivity index is 1.34. The summed E-state index contributed by atoms with van der Waals surface area (Å²) in [7, 11) is 0. The summed E-state index contributed by atoms with van der Waals surface area (Å²) in [6.07, 6.45) is 5.00. The van der Waals surface area contributed by atoms with Crippen molar-refractivity contribution in [3.63, 3.8) is 0 Å². The Morgan fingerprint density at radius 1 is 1.10 bits per heavy atom. The van der Waals surface area contributed by atoms with Gasteiger partial charge < -0.3 is 9.64 Å². The lowest BCUT2D eigenvalue weighted by Crippen LogP contribution is -2.47. The summed E-state index contributed by atoms with van der Waals surface area (Å²) in [5, 5.41) is 12.5. The van der Waals surface area contributed by atoms with Crippen molar-refractivity contribution in [1.82, 2.24) is 0 Å². The number of benzene rings is 2. The summed E-state index contributed by atoms with van der Waals surface area (Å²) in [6.45, 7) is 12.7. The number of anilines is 1. The molecule has 2 unspecified atom stereocenters. The number of nitrogens with zero attached hydrogens (tertiary/aromatic N) is 2. The van der Waals surface area contributed by atoms with Crippen LogP contribution in [0.5, 0.6) is 0 Å². The van der Waals surface area contributed by atoms with E-state index in [2.05, 4.69) is 78.6 Å². The number of carbonyl (C=O) groups is 1. The molecule has 0 radical (unpaired) electrons. The average Bonchev–Trinajstić information content (AvgIpc) is 3.29. The smallest absolute Gasteiger partial charge is 0.209 e. The fourth-order valence-electron chi connectivity index (χ4n) is 7.82. The Morgan fingerprint density at radius 3 is 2.70 bits per heavy atom. The quantitative estimate of drug-likeness (QED) is 0.203. The SMILES string of the molecule is CC(=O)Cc1ccc2c(c1)C(C)(C)C1=C3C=C4C5=[N+](CCC4OC3CCN12)c1ccc(SOOO)cc1C5(C)C. The fraction of sp³-hybridized carbons (Fsp3) is 0.438. The monoisotopic (exact) mass is 559 g/mol. The standard InChI is InChI=1S/C32H34N2O5S/c1-18(35)14-19-6-8-25-23(15-19)31(2,3)29-21-17-22-28(37-27(21)10-12-33(25)29)11-13-34-26-9-7-20(40-39-38-36)16-24(26)32(4,5)30(22)34/h6-9,15-17,27-28H,10-14H2,1-5H3/p+1. The highest BCUT2D eigenvalue weighted by molar-refractivity contribution is 7.94. The average molecular weight is 560 g/mol. The minimum Gasteiger partial charge on any atom is -0.365 e. The minimum atomic E-state index is -0.234. The van der Waals surface area contributed by atoms with Crippen LogP contribution in [0, 0.1) is 0 Å². The van der Waals surface area contributed by atoms with Crippen molar-refractivity contribution in [2.45, 2.75) is 81.8 Å². The molecule has 0 aromatic heterocycles. The van der Waals surface area contributed by atoms with Crippen molar-refractivity contribution in [1.29, 1.82) is 0 Å². The zero-order valence-corrected chi connectivity index (χ0v) is 24.4. The molecule has 208 valence electrons. The normalized spacial score (nSPS) is 25.1. The third-order valence-corrected chi connectivity index (χ3v) is 9.98. The molecule has 0 amide bonds. The number of ketones is 1. The van der Waals surface area contributed by atoms with Gasteiger partial charge in [0, 0.05) is 63.9 Å². The first-order chi connectivity index (χ1) is 19.1. The molecule has 0 saturated carbocycles. The van der Waals surface area contributed by atoms with Gasteiger partial charge in [0.2, 0.25) is 5.69 Å². The van der Waals surface area contributed by atoms with Crippen LogP contribution in [0.4, 0.5) is 11.4 Å². The Hall–Kier alpha value is -2.75. The molecule has 2 aromatic rings. The molecule has 40 heavy (non-hydrogen) atoms. The molecule has 0 spiro atoms. The van der Waals surface area contributed by atoms with Gasteiger partial charge in [0.15, 0.2) is 12.3 Å². The van der Waals surface area contributed by atoms with Gasteiger partial charge >= 0.3 is 0 Å². The minimum absolute atomic E-state index is 0.0785. The van der Waals surface area contributed by atoms with Crippen molar-refractivity contribution in [2.24, 2.45) is 0 Å². The van der Waals surface area contributed by atoms with Crippen molar-refractivity contribution in [3.05, 3.63) is 76.0 Å². The maximum absolute atomic E-state index is 11.9. The summed E-state index contributed by atoms with van der Waals surface area (Å²) in [5.41, 5.74) is 10.8. The number of ether oxygens (including phenoxy) is 1. The predicted molar refractivity (Wildman–Crippen MR) is 154 cm³/mol. The second kappa shape index (κ2) is 9.13. The zero-order valence-electron chi connectivity index (χ0n) is 23.6. The summed E-state index contributed by atoms with van der Waals surface area (Å²) in [4.78, 5) is 15.2. The van der Waals surface area contributed by atoms with Crippen LogP contribution in [0.2, 0.25) is 0 Å². The van der Waals surface area contributed by atoms with Crippen LogP contribution in [-0.2, 0) is 36.2 Å². The van der Waals surface area contributed by atoms with E-state index in [9.17, 15) is 4.79 Å². The van der Waals surface area contributed by atoms with Crippen LogP contribution in [0.25, 0.3) is 0 Å². The topological polar surface area (TPSA) is 71.2 Å². The van der Waals surface area contributed by atoms with E-state index in [0.29, 0.717) is 6.42 Å². The highest BCUT2D eigenvalue weighted by Crippen LogP contribution is 2.54. The van der Waals surface area contributed by atoms with Crippen LogP contribution in [0.3, 0.4) is 0 Å². The Labute approximate surface area is 239 Å². The van der Waals surface area contributed by atoms with Gasteiger partial charge in [-0.05, 0) is 62.6 Å². The van der Waals surface area contributed by atoms with Gasteiger partial charge in [-0.3, -0.25) is 4.79 Å². The van der Waals surface area contributed by atoms with Crippen molar-refractivity contribution in [3.8, 4) is 0 Å². The summed E-state index contributed by atoms with van der Waals surface area (Å²) >= 11 is 0.995. The van der Waals surface area contributed by atoms with E-state index in [0.717, 1.165) is 48.4 Å². The van der Waals surface area contributed by atoms with Gasteiger partial charge in [0.1, 0.15) is 5.78 Å². The molecule has 1 N–H and O–H groups in total. The first-order valence-electron chi connectivity index (χ1n) is 14.1. The maximum Gasteiger partial charge on any atom is 0.209 e.